The van der Waals surface area contributed by atoms with Crippen LogP contribution in [0.15, 0.2) is 30.7 Å². The Hall–Kier alpha value is -2.44. The summed E-state index contributed by atoms with van der Waals surface area (Å²) in [5.41, 5.74) is 0.0153. The average molecular weight is 273 g/mol. The van der Waals surface area contributed by atoms with Crippen molar-refractivity contribution in [1.29, 1.82) is 0 Å². The van der Waals surface area contributed by atoms with E-state index < -0.39 is 4.92 Å². The van der Waals surface area contributed by atoms with E-state index in [9.17, 15) is 10.1 Å². The lowest BCUT2D eigenvalue weighted by Gasteiger charge is -2.22. The van der Waals surface area contributed by atoms with E-state index in [1.54, 1.807) is 12.3 Å². The monoisotopic (exact) mass is 273 g/mol. The van der Waals surface area contributed by atoms with Gasteiger partial charge in [-0.2, -0.15) is 0 Å². The van der Waals surface area contributed by atoms with Gasteiger partial charge in [0.25, 0.3) is 5.69 Å². The van der Waals surface area contributed by atoms with Crippen molar-refractivity contribution >= 4 is 11.5 Å². The summed E-state index contributed by atoms with van der Waals surface area (Å²) in [5.74, 6) is 1.72. The van der Waals surface area contributed by atoms with Crippen molar-refractivity contribution in [3.63, 3.8) is 0 Å². The first kappa shape index (κ1) is 12.6. The van der Waals surface area contributed by atoms with Crippen LogP contribution in [0, 0.1) is 10.1 Å². The number of rotatable bonds is 5. The van der Waals surface area contributed by atoms with E-state index in [0.29, 0.717) is 12.6 Å². The molecule has 0 radical (unpaired) electrons. The third-order valence-corrected chi connectivity index (χ3v) is 3.46. The number of imidazole rings is 1. The van der Waals surface area contributed by atoms with E-state index >= 15 is 0 Å². The molecule has 2 heterocycles. The third kappa shape index (κ3) is 2.47. The molecule has 0 aliphatic heterocycles. The molecule has 1 fully saturated rings. The molecule has 7 heteroatoms. The quantitative estimate of drug-likeness (QED) is 0.614. The molecule has 1 aliphatic rings. The molecule has 104 valence electrons. The maximum Gasteiger partial charge on any atom is 0.287 e. The second kappa shape index (κ2) is 4.92. The number of nitro groups is 1. The van der Waals surface area contributed by atoms with Gasteiger partial charge in [-0.1, -0.05) is 0 Å². The molecule has 1 aliphatic carbocycles. The molecule has 2 aromatic heterocycles. The highest BCUT2D eigenvalue weighted by molar-refractivity contribution is 5.45. The zero-order valence-corrected chi connectivity index (χ0v) is 11.1. The van der Waals surface area contributed by atoms with Gasteiger partial charge in [-0.25, -0.2) is 9.97 Å². The van der Waals surface area contributed by atoms with Gasteiger partial charge in [-0.15, -0.1) is 0 Å². The lowest BCUT2D eigenvalue weighted by molar-refractivity contribution is -0.385. The van der Waals surface area contributed by atoms with Gasteiger partial charge in [0, 0.05) is 31.5 Å². The summed E-state index contributed by atoms with van der Waals surface area (Å²) in [6.45, 7) is 0.666. The predicted octanol–water partition coefficient (Wildman–Crippen LogP) is 1.89. The number of anilines is 1. The Morgan fingerprint density at radius 1 is 1.45 bits per heavy atom. The summed E-state index contributed by atoms with van der Waals surface area (Å²) in [6.07, 6.45) is 7.24. The Morgan fingerprint density at radius 2 is 2.25 bits per heavy atom. The Balaban J connectivity index is 1.83. The zero-order valence-electron chi connectivity index (χ0n) is 11.1. The van der Waals surface area contributed by atoms with E-state index in [4.69, 9.17) is 0 Å². The highest BCUT2D eigenvalue weighted by Crippen LogP contribution is 2.32. The predicted molar refractivity (Wildman–Crippen MR) is 73.3 cm³/mol. The van der Waals surface area contributed by atoms with Gasteiger partial charge in [-0.3, -0.25) is 10.1 Å². The molecule has 3 rings (SSSR count). The van der Waals surface area contributed by atoms with Crippen LogP contribution >= 0.6 is 0 Å². The van der Waals surface area contributed by atoms with Crippen LogP contribution in [-0.2, 0) is 13.6 Å². The Bertz CT molecular complexity index is 618. The molecule has 20 heavy (non-hydrogen) atoms. The third-order valence-electron chi connectivity index (χ3n) is 3.46. The Kier molecular flexibility index (Phi) is 3.09. The molecule has 1 saturated carbocycles. The minimum Gasteiger partial charge on any atom is -0.346 e. The van der Waals surface area contributed by atoms with E-state index in [1.807, 2.05) is 17.8 Å². The minimum absolute atomic E-state index is 0.0153. The van der Waals surface area contributed by atoms with Crippen LogP contribution in [0.1, 0.15) is 18.7 Å². The van der Waals surface area contributed by atoms with Crippen molar-refractivity contribution in [2.24, 2.45) is 7.05 Å². The van der Waals surface area contributed by atoms with E-state index in [2.05, 4.69) is 14.9 Å². The number of hydrogen-bond donors (Lipinski definition) is 0. The van der Waals surface area contributed by atoms with Gasteiger partial charge in [0.15, 0.2) is 0 Å². The van der Waals surface area contributed by atoms with Crippen molar-refractivity contribution in [1.82, 2.24) is 14.5 Å². The number of hydrogen-bond acceptors (Lipinski definition) is 5. The minimum atomic E-state index is -0.434. The second-order valence-corrected chi connectivity index (χ2v) is 4.95. The molecule has 0 amide bonds. The van der Waals surface area contributed by atoms with Crippen molar-refractivity contribution in [2.45, 2.75) is 25.4 Å². The van der Waals surface area contributed by atoms with Crippen LogP contribution in [0.4, 0.5) is 11.5 Å². The first-order valence-electron chi connectivity index (χ1n) is 6.48. The maximum atomic E-state index is 10.7. The van der Waals surface area contributed by atoms with Crippen molar-refractivity contribution in [2.75, 3.05) is 4.90 Å². The summed E-state index contributed by atoms with van der Waals surface area (Å²) < 4.78 is 1.97. The summed E-state index contributed by atoms with van der Waals surface area (Å²) >= 11 is 0. The van der Waals surface area contributed by atoms with Crippen LogP contribution in [0.2, 0.25) is 0 Å². The Labute approximate surface area is 116 Å². The van der Waals surface area contributed by atoms with Gasteiger partial charge in [0.05, 0.1) is 11.5 Å². The topological polar surface area (TPSA) is 77.1 Å². The van der Waals surface area contributed by atoms with Crippen LogP contribution in [0.5, 0.6) is 0 Å². The molecule has 0 N–H and O–H groups in total. The summed E-state index contributed by atoms with van der Waals surface area (Å²) in [5, 5.41) is 10.7. The molecule has 7 nitrogen and oxygen atoms in total. The SMILES string of the molecule is Cn1ccnc1CN(c1ccc([N+](=O)[O-])cn1)C1CC1. The molecular weight excluding hydrogens is 258 g/mol. The molecule has 0 unspecified atom stereocenters. The van der Waals surface area contributed by atoms with E-state index in [0.717, 1.165) is 24.5 Å². The van der Waals surface area contributed by atoms with Gasteiger partial charge in [-0.05, 0) is 18.9 Å². The van der Waals surface area contributed by atoms with Crippen molar-refractivity contribution in [3.8, 4) is 0 Å². The number of pyridine rings is 1. The summed E-state index contributed by atoms with van der Waals surface area (Å²) in [7, 11) is 1.96. The highest BCUT2D eigenvalue weighted by atomic mass is 16.6. The maximum absolute atomic E-state index is 10.7. The Morgan fingerprint density at radius 3 is 2.75 bits per heavy atom. The molecule has 0 spiro atoms. The molecular formula is C13H15N5O2. The fourth-order valence-electron chi connectivity index (χ4n) is 2.14. The first-order chi connectivity index (χ1) is 9.65. The standard InChI is InChI=1S/C13H15N5O2/c1-16-7-6-14-13(16)9-17(10-2-3-10)12-5-4-11(8-15-12)18(19)20/h4-8,10H,2-3,9H2,1H3. The molecule has 0 saturated heterocycles. The second-order valence-electron chi connectivity index (χ2n) is 4.95. The fourth-order valence-corrected chi connectivity index (χ4v) is 2.14. The van der Waals surface area contributed by atoms with Crippen LogP contribution < -0.4 is 4.90 Å². The normalized spacial score (nSPS) is 14.2. The summed E-state index contributed by atoms with van der Waals surface area (Å²) in [4.78, 5) is 20.9. The van der Waals surface area contributed by atoms with Crippen LogP contribution in [-0.4, -0.2) is 25.5 Å². The average Bonchev–Trinajstić information content (AvgIpc) is 3.20. The van der Waals surface area contributed by atoms with Crippen LogP contribution in [0.25, 0.3) is 0 Å². The van der Waals surface area contributed by atoms with Crippen molar-refractivity contribution < 1.29 is 4.92 Å². The molecule has 0 bridgehead atoms. The highest BCUT2D eigenvalue weighted by Gasteiger charge is 2.31. The smallest absolute Gasteiger partial charge is 0.287 e. The molecule has 0 aromatic carbocycles. The van der Waals surface area contributed by atoms with Gasteiger partial charge < -0.3 is 9.47 Å². The number of aryl methyl sites for hydroxylation is 1. The molecule has 2 aromatic rings. The van der Waals surface area contributed by atoms with E-state index in [-0.39, 0.29) is 5.69 Å². The lowest BCUT2D eigenvalue weighted by Crippen LogP contribution is -2.27. The van der Waals surface area contributed by atoms with Gasteiger partial charge in [0.2, 0.25) is 0 Å². The number of aromatic nitrogens is 3. The summed E-state index contributed by atoms with van der Waals surface area (Å²) in [6, 6.07) is 3.66. The van der Waals surface area contributed by atoms with Crippen molar-refractivity contribution in [3.05, 3.63) is 46.7 Å². The lowest BCUT2D eigenvalue weighted by atomic mass is 10.3. The first-order valence-corrected chi connectivity index (χ1v) is 6.48. The zero-order chi connectivity index (χ0) is 14.1. The largest absolute Gasteiger partial charge is 0.346 e. The van der Waals surface area contributed by atoms with Gasteiger partial charge >= 0.3 is 0 Å². The van der Waals surface area contributed by atoms with E-state index in [1.165, 1.54) is 12.3 Å². The number of nitrogens with zero attached hydrogens (tertiary/aromatic N) is 5. The fraction of sp³-hybridized carbons (Fsp3) is 0.385. The van der Waals surface area contributed by atoms with Crippen LogP contribution in [0.3, 0.4) is 0 Å². The van der Waals surface area contributed by atoms with Gasteiger partial charge in [0.1, 0.15) is 17.8 Å². The molecule has 0 atom stereocenters.